The second-order valence-electron chi connectivity index (χ2n) is 2.38. The third-order valence-corrected chi connectivity index (χ3v) is 0. The van der Waals surface area contributed by atoms with Gasteiger partial charge in [0.2, 0.25) is 0 Å². The molecule has 0 radical (unpaired) electrons. The molecule has 0 atom stereocenters. The van der Waals surface area contributed by atoms with E-state index in [0.29, 0.717) is 0 Å². The Kier molecular flexibility index (Phi) is 64.4. The van der Waals surface area contributed by atoms with Crippen molar-refractivity contribution < 1.29 is 72.2 Å². The Bertz CT molecular complexity index is 347. The molecule has 0 fully saturated rings. The van der Waals surface area contributed by atoms with E-state index in [4.69, 9.17) is 21.0 Å². The molecule has 0 aromatic heterocycles. The van der Waals surface area contributed by atoms with E-state index in [-0.39, 0.29) is 20.4 Å². The number of nitriles is 4. The second-order valence-corrected chi connectivity index (χ2v) is 2.38. The summed E-state index contributed by atoms with van der Waals surface area (Å²) < 4.78 is 117. The Morgan fingerprint density at radius 3 is 0.393 bits per heavy atom. The molecule has 0 bridgehead atoms. The molecule has 4 nitrogen and oxygen atoms in total. The number of nitrogens with zero attached hydrogens (tertiary/aromatic N) is 4. The monoisotopic (exact) mass is 531 g/mol. The van der Waals surface area contributed by atoms with Crippen molar-refractivity contribution in [3.8, 4) is 24.3 Å². The molecule has 20 heteroatoms. The van der Waals surface area contributed by atoms with Gasteiger partial charge in [-0.1, -0.05) is 0 Å². The molecule has 0 saturated carbocycles. The first-order valence-corrected chi connectivity index (χ1v) is 5.51. The topological polar surface area (TPSA) is 95.2 Å². The largest absolute Gasteiger partial charge is 0.673 e. The Labute approximate surface area is 167 Å². The molecule has 0 rings (SSSR count). The molecule has 0 heterocycles. The van der Waals surface area contributed by atoms with E-state index < -0.39 is 21.8 Å². The van der Waals surface area contributed by atoms with Gasteiger partial charge in [-0.25, -0.2) is 0 Å². The summed E-state index contributed by atoms with van der Waals surface area (Å²) in [5.74, 6) is 0. The van der Waals surface area contributed by atoms with Gasteiger partial charge in [0.15, 0.2) is 0 Å². The van der Waals surface area contributed by atoms with E-state index in [9.17, 15) is 51.8 Å². The number of rotatable bonds is 0. The van der Waals surface area contributed by atoms with Crippen LogP contribution in [0.4, 0.5) is 51.8 Å². The van der Waals surface area contributed by atoms with Crippen LogP contribution >= 0.6 is 0 Å². The molecule has 0 N–H and O–H groups in total. The minimum absolute atomic E-state index is 0. The van der Waals surface area contributed by atoms with Crippen LogP contribution in [0, 0.1) is 45.3 Å². The first-order valence-electron chi connectivity index (χ1n) is 5.51. The first-order chi connectivity index (χ1) is 11.7. The van der Waals surface area contributed by atoms with E-state index in [2.05, 4.69) is 0 Å². The summed E-state index contributed by atoms with van der Waals surface area (Å²) in [5.41, 5.74) is 0. The van der Waals surface area contributed by atoms with Gasteiger partial charge >= 0.3 is 21.8 Å². The molecular formula is C8H12B3F12N4Pd-3. The van der Waals surface area contributed by atoms with Gasteiger partial charge in [0.1, 0.15) is 0 Å². The number of halogens is 12. The van der Waals surface area contributed by atoms with E-state index in [1.54, 1.807) is 24.3 Å². The van der Waals surface area contributed by atoms with Gasteiger partial charge in [-0.3, -0.25) is 0 Å². The minimum atomic E-state index is -6.00. The van der Waals surface area contributed by atoms with Crippen LogP contribution in [0.5, 0.6) is 0 Å². The molecular weight excluding hydrogens is 519 g/mol. The van der Waals surface area contributed by atoms with E-state index >= 15 is 0 Å². The third-order valence-electron chi connectivity index (χ3n) is 0. The summed E-state index contributed by atoms with van der Waals surface area (Å²) in [6, 6.07) is 7.00. The normalized spacial score (nSPS) is 7.57. The Hall–Kier alpha value is -2.02. The molecule has 0 aliphatic heterocycles. The Balaban J connectivity index is -0.0000000281. The zero-order chi connectivity index (χ0) is 24.3. The number of hydrogen-bond acceptors (Lipinski definition) is 4. The molecule has 0 saturated heterocycles. The Morgan fingerprint density at radius 2 is 0.393 bits per heavy atom. The molecule has 0 aliphatic rings. The average Bonchev–Trinajstić information content (AvgIpc) is 2.24. The first kappa shape index (κ1) is 50.1. The van der Waals surface area contributed by atoms with Crippen LogP contribution in [-0.4, -0.2) is 21.8 Å². The SMILES string of the molecule is CC#N.CC#N.CC#N.CC#N.F[B-](F)(F)F.F[B-](F)(F)F.F[B-](F)(F)F.[Pd]. The van der Waals surface area contributed by atoms with Crippen LogP contribution in [-0.2, 0) is 20.4 Å². The molecule has 0 aromatic carbocycles. The summed E-state index contributed by atoms with van der Waals surface area (Å²) >= 11 is 0. The molecule has 170 valence electrons. The summed E-state index contributed by atoms with van der Waals surface area (Å²) in [4.78, 5) is 0. The zero-order valence-electron chi connectivity index (χ0n) is 14.4. The van der Waals surface area contributed by atoms with Gasteiger partial charge in [0, 0.05) is 48.1 Å². The van der Waals surface area contributed by atoms with Crippen molar-refractivity contribution >= 4 is 21.8 Å². The van der Waals surface area contributed by atoms with E-state index in [1.807, 2.05) is 0 Å². The molecule has 0 unspecified atom stereocenters. The third kappa shape index (κ3) is 3090. The summed E-state index contributed by atoms with van der Waals surface area (Å²) in [6.07, 6.45) is 0. The average molecular weight is 531 g/mol. The van der Waals surface area contributed by atoms with Crippen molar-refractivity contribution in [2.75, 3.05) is 0 Å². The van der Waals surface area contributed by atoms with Gasteiger partial charge in [-0.2, -0.15) is 21.0 Å². The van der Waals surface area contributed by atoms with E-state index in [0.717, 1.165) is 0 Å². The quantitative estimate of drug-likeness (QED) is 0.283. The molecule has 0 spiro atoms. The van der Waals surface area contributed by atoms with Crippen LogP contribution in [0.1, 0.15) is 27.7 Å². The second kappa shape index (κ2) is 36.0. The maximum atomic E-state index is 9.75. The predicted molar refractivity (Wildman–Crippen MR) is 75.7 cm³/mol. The summed E-state index contributed by atoms with van der Waals surface area (Å²) in [7, 11) is -18.0. The van der Waals surface area contributed by atoms with Crippen molar-refractivity contribution in [2.24, 2.45) is 0 Å². The van der Waals surface area contributed by atoms with Crippen LogP contribution in [0.15, 0.2) is 0 Å². The van der Waals surface area contributed by atoms with Crippen molar-refractivity contribution in [3.63, 3.8) is 0 Å². The van der Waals surface area contributed by atoms with Crippen LogP contribution in [0.3, 0.4) is 0 Å². The fourth-order valence-electron chi connectivity index (χ4n) is 0. The standard InChI is InChI=1S/4C2H3N.3BF4.Pd/c4*1-2-3;3*2-1(3,4)5;/h4*1H3;;;;/q;;;;3*-1;. The fraction of sp³-hybridized carbons (Fsp3) is 0.500. The van der Waals surface area contributed by atoms with Crippen molar-refractivity contribution in [3.05, 3.63) is 0 Å². The maximum Gasteiger partial charge on any atom is 0.673 e. The van der Waals surface area contributed by atoms with Crippen molar-refractivity contribution in [1.82, 2.24) is 0 Å². The van der Waals surface area contributed by atoms with Gasteiger partial charge < -0.3 is 51.8 Å². The van der Waals surface area contributed by atoms with Crippen LogP contribution in [0.2, 0.25) is 0 Å². The fourth-order valence-corrected chi connectivity index (χ4v) is 0. The summed E-state index contributed by atoms with van der Waals surface area (Å²) in [5, 5.41) is 29.3. The Morgan fingerprint density at radius 1 is 0.393 bits per heavy atom. The number of hydrogen-bond donors (Lipinski definition) is 0. The smallest absolute Gasteiger partial charge is 0.418 e. The zero-order valence-corrected chi connectivity index (χ0v) is 15.9. The molecule has 28 heavy (non-hydrogen) atoms. The minimum Gasteiger partial charge on any atom is -0.418 e. The van der Waals surface area contributed by atoms with E-state index in [1.165, 1.54) is 27.7 Å². The summed E-state index contributed by atoms with van der Waals surface area (Å²) in [6.45, 7) is 5.72. The van der Waals surface area contributed by atoms with Gasteiger partial charge in [-0.05, 0) is 0 Å². The van der Waals surface area contributed by atoms with Crippen molar-refractivity contribution in [2.45, 2.75) is 27.7 Å². The maximum absolute atomic E-state index is 9.75. The molecule has 0 amide bonds. The van der Waals surface area contributed by atoms with Gasteiger partial charge in [-0.15, -0.1) is 0 Å². The van der Waals surface area contributed by atoms with Crippen molar-refractivity contribution in [1.29, 1.82) is 21.0 Å². The van der Waals surface area contributed by atoms with Crippen LogP contribution < -0.4 is 0 Å². The van der Waals surface area contributed by atoms with Crippen LogP contribution in [0.25, 0.3) is 0 Å². The van der Waals surface area contributed by atoms with Gasteiger partial charge in [0.25, 0.3) is 0 Å². The predicted octanol–water partition coefficient (Wildman–Crippen LogP) is 6.02. The molecule has 0 aromatic rings. The van der Waals surface area contributed by atoms with Gasteiger partial charge in [0.05, 0.1) is 24.3 Å². The molecule has 0 aliphatic carbocycles.